The smallest absolute Gasteiger partial charge is 0.123 e. The summed E-state index contributed by atoms with van der Waals surface area (Å²) in [4.78, 5) is 0. The van der Waals surface area contributed by atoms with Crippen molar-refractivity contribution in [1.29, 1.82) is 0 Å². The van der Waals surface area contributed by atoms with Crippen LogP contribution in [0.15, 0.2) is 24.3 Å². The van der Waals surface area contributed by atoms with Crippen LogP contribution in [0, 0.1) is 11.2 Å². The standard InChI is InChI=1S/C14H18FN.ClH/c15-12-3-1-11(2-4-12)9-14-7-5-13(6-8-14)16-10-14;/h1-4,13,16H,5-10H2;1H. The molecular weight excluding hydrogens is 237 g/mol. The molecule has 3 fully saturated rings. The SMILES string of the molecule is Cl.Fc1ccc(CC23CCC(CC2)NC3)cc1. The average molecular weight is 256 g/mol. The minimum Gasteiger partial charge on any atom is -0.313 e. The van der Waals surface area contributed by atoms with E-state index < -0.39 is 0 Å². The van der Waals surface area contributed by atoms with E-state index in [4.69, 9.17) is 0 Å². The summed E-state index contributed by atoms with van der Waals surface area (Å²) in [7, 11) is 0. The van der Waals surface area contributed by atoms with Crippen molar-refractivity contribution in [2.24, 2.45) is 5.41 Å². The van der Waals surface area contributed by atoms with Gasteiger partial charge >= 0.3 is 0 Å². The molecule has 3 heteroatoms. The van der Waals surface area contributed by atoms with Crippen molar-refractivity contribution in [3.05, 3.63) is 35.6 Å². The van der Waals surface area contributed by atoms with Crippen LogP contribution in [-0.4, -0.2) is 12.6 Å². The third-order valence-corrected chi connectivity index (χ3v) is 4.30. The third-order valence-electron chi connectivity index (χ3n) is 4.30. The number of piperidine rings is 2. The van der Waals surface area contributed by atoms with Gasteiger partial charge in [0.1, 0.15) is 5.82 Å². The highest BCUT2D eigenvalue weighted by atomic mass is 35.5. The molecule has 4 rings (SSSR count). The second kappa shape index (κ2) is 4.95. The van der Waals surface area contributed by atoms with Gasteiger partial charge in [-0.25, -0.2) is 4.39 Å². The van der Waals surface area contributed by atoms with E-state index in [1.807, 2.05) is 12.1 Å². The summed E-state index contributed by atoms with van der Waals surface area (Å²) in [6.45, 7) is 1.15. The molecule has 2 heterocycles. The molecular formula is C14H19ClFN. The summed E-state index contributed by atoms with van der Waals surface area (Å²) in [6.07, 6.45) is 6.42. The molecule has 94 valence electrons. The van der Waals surface area contributed by atoms with Crippen molar-refractivity contribution in [2.75, 3.05) is 6.54 Å². The highest BCUT2D eigenvalue weighted by Gasteiger charge is 2.39. The van der Waals surface area contributed by atoms with Crippen LogP contribution < -0.4 is 5.32 Å². The lowest BCUT2D eigenvalue weighted by Gasteiger charge is -2.47. The minimum atomic E-state index is -0.133. The van der Waals surface area contributed by atoms with Crippen LogP contribution in [-0.2, 0) is 6.42 Å². The normalized spacial score (nSPS) is 31.0. The van der Waals surface area contributed by atoms with Crippen molar-refractivity contribution in [3.8, 4) is 0 Å². The molecule has 2 aliphatic heterocycles. The van der Waals surface area contributed by atoms with Crippen molar-refractivity contribution in [2.45, 2.75) is 38.1 Å². The molecule has 1 N–H and O–H groups in total. The molecule has 1 aromatic rings. The average Bonchev–Trinajstić information content (AvgIpc) is 2.34. The van der Waals surface area contributed by atoms with Gasteiger partial charge in [0, 0.05) is 12.6 Å². The number of fused-ring (bicyclic) bond motifs is 3. The highest BCUT2D eigenvalue weighted by molar-refractivity contribution is 5.85. The summed E-state index contributed by atoms with van der Waals surface area (Å²) in [6, 6.07) is 7.80. The van der Waals surface area contributed by atoms with Gasteiger partial charge < -0.3 is 5.32 Å². The quantitative estimate of drug-likeness (QED) is 0.855. The molecule has 0 unspecified atom stereocenters. The Labute approximate surface area is 108 Å². The summed E-state index contributed by atoms with van der Waals surface area (Å²) in [5, 5.41) is 3.62. The van der Waals surface area contributed by atoms with Gasteiger partial charge in [-0.3, -0.25) is 0 Å². The number of hydrogen-bond acceptors (Lipinski definition) is 1. The van der Waals surface area contributed by atoms with E-state index in [1.165, 1.54) is 31.2 Å². The van der Waals surface area contributed by atoms with Crippen LogP contribution in [0.25, 0.3) is 0 Å². The lowest BCUT2D eigenvalue weighted by molar-refractivity contribution is 0.0962. The van der Waals surface area contributed by atoms with Gasteiger partial charge in [0.25, 0.3) is 0 Å². The van der Waals surface area contributed by atoms with Gasteiger partial charge in [0.15, 0.2) is 0 Å². The van der Waals surface area contributed by atoms with Crippen LogP contribution in [0.2, 0.25) is 0 Å². The maximum absolute atomic E-state index is 12.8. The Morgan fingerprint density at radius 1 is 1.18 bits per heavy atom. The molecule has 1 nitrogen and oxygen atoms in total. The molecule has 2 bridgehead atoms. The second-order valence-electron chi connectivity index (χ2n) is 5.46. The molecule has 0 atom stereocenters. The maximum atomic E-state index is 12.8. The lowest BCUT2D eigenvalue weighted by atomic mass is 9.66. The Morgan fingerprint density at radius 2 is 1.82 bits per heavy atom. The van der Waals surface area contributed by atoms with E-state index in [9.17, 15) is 4.39 Å². The van der Waals surface area contributed by atoms with Crippen LogP contribution in [0.5, 0.6) is 0 Å². The van der Waals surface area contributed by atoms with Gasteiger partial charge in [0.2, 0.25) is 0 Å². The molecule has 0 amide bonds. The molecule has 1 aliphatic carbocycles. The highest BCUT2D eigenvalue weighted by Crippen LogP contribution is 2.42. The predicted molar refractivity (Wildman–Crippen MR) is 70.0 cm³/mol. The zero-order valence-electron chi connectivity index (χ0n) is 9.92. The van der Waals surface area contributed by atoms with Crippen LogP contribution in [0.1, 0.15) is 31.2 Å². The van der Waals surface area contributed by atoms with Gasteiger partial charge in [-0.15, -0.1) is 12.4 Å². The second-order valence-corrected chi connectivity index (χ2v) is 5.46. The Hall–Kier alpha value is -0.600. The number of benzene rings is 1. The first kappa shape index (κ1) is 12.8. The number of hydrogen-bond donors (Lipinski definition) is 1. The molecule has 1 saturated carbocycles. The zero-order valence-corrected chi connectivity index (χ0v) is 10.7. The summed E-state index contributed by atoms with van der Waals surface area (Å²) >= 11 is 0. The third kappa shape index (κ3) is 2.63. The zero-order chi connectivity index (χ0) is 11.0. The Kier molecular flexibility index (Phi) is 3.74. The molecule has 3 aliphatic rings. The molecule has 1 aromatic carbocycles. The topological polar surface area (TPSA) is 12.0 Å². The van der Waals surface area contributed by atoms with Crippen molar-refractivity contribution in [1.82, 2.24) is 5.32 Å². The summed E-state index contributed by atoms with van der Waals surface area (Å²) in [5.74, 6) is -0.133. The van der Waals surface area contributed by atoms with Gasteiger partial charge in [-0.1, -0.05) is 12.1 Å². The van der Waals surface area contributed by atoms with Gasteiger partial charge in [-0.05, 0) is 55.2 Å². The van der Waals surface area contributed by atoms with Crippen LogP contribution in [0.4, 0.5) is 4.39 Å². The summed E-state index contributed by atoms with van der Waals surface area (Å²) < 4.78 is 12.8. The first-order chi connectivity index (χ1) is 7.76. The van der Waals surface area contributed by atoms with Gasteiger partial charge in [0.05, 0.1) is 0 Å². The number of rotatable bonds is 2. The fourth-order valence-corrected chi connectivity index (χ4v) is 3.25. The van der Waals surface area contributed by atoms with E-state index >= 15 is 0 Å². The number of halogens is 2. The predicted octanol–water partition coefficient (Wildman–Crippen LogP) is 3.32. The molecule has 0 radical (unpaired) electrons. The van der Waals surface area contributed by atoms with Crippen LogP contribution in [0.3, 0.4) is 0 Å². The van der Waals surface area contributed by atoms with E-state index in [0.717, 1.165) is 19.0 Å². The Balaban J connectivity index is 0.00000108. The fourth-order valence-electron chi connectivity index (χ4n) is 3.25. The van der Waals surface area contributed by atoms with Crippen LogP contribution >= 0.6 is 12.4 Å². The van der Waals surface area contributed by atoms with Gasteiger partial charge in [-0.2, -0.15) is 0 Å². The summed E-state index contributed by atoms with van der Waals surface area (Å²) in [5.41, 5.74) is 1.73. The van der Waals surface area contributed by atoms with E-state index in [1.54, 1.807) is 12.1 Å². The van der Waals surface area contributed by atoms with Crippen molar-refractivity contribution in [3.63, 3.8) is 0 Å². The van der Waals surface area contributed by atoms with Crippen molar-refractivity contribution >= 4 is 12.4 Å². The molecule has 0 aromatic heterocycles. The van der Waals surface area contributed by atoms with Crippen molar-refractivity contribution < 1.29 is 4.39 Å². The van der Waals surface area contributed by atoms with E-state index in [0.29, 0.717) is 5.41 Å². The first-order valence-electron chi connectivity index (χ1n) is 6.24. The molecule has 17 heavy (non-hydrogen) atoms. The minimum absolute atomic E-state index is 0. The largest absolute Gasteiger partial charge is 0.313 e. The maximum Gasteiger partial charge on any atom is 0.123 e. The van der Waals surface area contributed by atoms with E-state index in [-0.39, 0.29) is 18.2 Å². The Morgan fingerprint density at radius 3 is 2.35 bits per heavy atom. The fraction of sp³-hybridized carbons (Fsp3) is 0.571. The molecule has 2 saturated heterocycles. The monoisotopic (exact) mass is 255 g/mol. The molecule has 0 spiro atoms. The van der Waals surface area contributed by atoms with E-state index in [2.05, 4.69) is 5.32 Å². The first-order valence-corrected chi connectivity index (χ1v) is 6.24. The number of nitrogens with one attached hydrogen (secondary N) is 1. The lowest BCUT2D eigenvalue weighted by Crippen LogP contribution is -2.52. The Bertz CT molecular complexity index is 355.